The van der Waals surface area contributed by atoms with Crippen LogP contribution in [0.2, 0.25) is 10.0 Å². The minimum atomic E-state index is -3.17. The van der Waals surface area contributed by atoms with E-state index >= 15 is 0 Å². The Morgan fingerprint density at radius 2 is 1.42 bits per heavy atom. The molecule has 186 valence electrons. The van der Waals surface area contributed by atoms with Gasteiger partial charge in [0.05, 0.1) is 11.8 Å². The van der Waals surface area contributed by atoms with Crippen molar-refractivity contribution in [2.24, 2.45) is 0 Å². The molecule has 0 saturated carbocycles. The van der Waals surface area contributed by atoms with Gasteiger partial charge in [0.2, 0.25) is 10.0 Å². The van der Waals surface area contributed by atoms with Crippen molar-refractivity contribution < 1.29 is 8.42 Å². The van der Waals surface area contributed by atoms with Gasteiger partial charge in [-0.1, -0.05) is 53.5 Å². The summed E-state index contributed by atoms with van der Waals surface area (Å²) >= 11 is 12.4. The van der Waals surface area contributed by atoms with Crippen LogP contribution in [0, 0.1) is 0 Å². The summed E-state index contributed by atoms with van der Waals surface area (Å²) in [4.78, 5) is 9.02. The zero-order valence-corrected chi connectivity index (χ0v) is 22.1. The number of anilines is 1. The van der Waals surface area contributed by atoms with E-state index in [4.69, 9.17) is 23.2 Å². The smallest absolute Gasteiger partial charge is 0.211 e. The fourth-order valence-corrected chi connectivity index (χ4v) is 5.91. The van der Waals surface area contributed by atoms with Crippen molar-refractivity contribution in [2.45, 2.75) is 24.8 Å². The molecule has 2 heterocycles. The lowest BCUT2D eigenvalue weighted by Crippen LogP contribution is -2.41. The summed E-state index contributed by atoms with van der Waals surface area (Å²) in [5.74, 6) is 0.723. The van der Waals surface area contributed by atoms with Crippen molar-refractivity contribution in [3.05, 3.63) is 99.8 Å². The van der Waals surface area contributed by atoms with Gasteiger partial charge in [-0.3, -0.25) is 0 Å². The number of hydrogen-bond donors (Lipinski definition) is 1. The number of rotatable bonds is 6. The zero-order valence-electron chi connectivity index (χ0n) is 19.7. The van der Waals surface area contributed by atoms with Crippen molar-refractivity contribution in [3.63, 3.8) is 0 Å². The zero-order chi connectivity index (χ0) is 25.3. The van der Waals surface area contributed by atoms with Crippen LogP contribution in [0.15, 0.2) is 73.1 Å². The molecule has 36 heavy (non-hydrogen) atoms. The average molecular weight is 542 g/mol. The lowest BCUT2D eigenvalue weighted by molar-refractivity contribution is 0.331. The number of aromatic nitrogens is 2. The highest BCUT2D eigenvalue weighted by Gasteiger charge is 2.25. The van der Waals surface area contributed by atoms with Crippen LogP contribution in [0.5, 0.6) is 0 Å². The second-order valence-electron chi connectivity index (χ2n) is 9.12. The minimum Gasteiger partial charge on any atom is -0.367 e. The maximum absolute atomic E-state index is 11.9. The SMILES string of the molecule is CS(=O)(=O)N1CCC(Nc2ncnc3ccc(C(c4ccc(Cl)cc4)c4ccc(Cl)cc4)cc23)CC1. The Balaban J connectivity index is 1.50. The van der Waals surface area contributed by atoms with Crippen molar-refractivity contribution in [3.8, 4) is 0 Å². The number of fused-ring (bicyclic) bond motifs is 1. The molecular formula is C27H26Cl2N4O2S. The number of piperidine rings is 1. The van der Waals surface area contributed by atoms with E-state index in [1.54, 1.807) is 6.33 Å². The molecule has 0 unspecified atom stereocenters. The summed E-state index contributed by atoms with van der Waals surface area (Å²) in [6.45, 7) is 1.000. The molecule has 1 fully saturated rings. The van der Waals surface area contributed by atoms with E-state index in [0.29, 0.717) is 23.1 Å². The molecule has 0 spiro atoms. The largest absolute Gasteiger partial charge is 0.367 e. The monoisotopic (exact) mass is 540 g/mol. The van der Waals surface area contributed by atoms with Gasteiger partial charge < -0.3 is 5.32 Å². The predicted molar refractivity (Wildman–Crippen MR) is 146 cm³/mol. The quantitative estimate of drug-likeness (QED) is 0.305. The second kappa shape index (κ2) is 10.3. The van der Waals surface area contributed by atoms with Gasteiger partial charge in [0, 0.05) is 40.5 Å². The molecule has 1 aromatic heterocycles. The number of nitrogens with one attached hydrogen (secondary N) is 1. The van der Waals surface area contributed by atoms with Crippen molar-refractivity contribution >= 4 is 49.9 Å². The molecule has 0 aliphatic carbocycles. The number of halogens is 2. The van der Waals surface area contributed by atoms with Gasteiger partial charge in [0.25, 0.3) is 0 Å². The van der Waals surface area contributed by atoms with Gasteiger partial charge in [-0.05, 0) is 65.9 Å². The van der Waals surface area contributed by atoms with Gasteiger partial charge in [0.1, 0.15) is 12.1 Å². The fourth-order valence-electron chi connectivity index (χ4n) is 4.78. The van der Waals surface area contributed by atoms with Crippen molar-refractivity contribution in [1.82, 2.24) is 14.3 Å². The highest BCUT2D eigenvalue weighted by Crippen LogP contribution is 2.35. The van der Waals surface area contributed by atoms with Gasteiger partial charge in [-0.15, -0.1) is 0 Å². The van der Waals surface area contributed by atoms with Crippen LogP contribution in [0.1, 0.15) is 35.4 Å². The molecule has 0 amide bonds. The van der Waals surface area contributed by atoms with E-state index in [1.807, 2.05) is 54.6 Å². The fraction of sp³-hybridized carbons (Fsp3) is 0.259. The Morgan fingerprint density at radius 3 is 1.97 bits per heavy atom. The Kier molecular flexibility index (Phi) is 7.17. The molecule has 1 N–H and O–H groups in total. The Hall–Kier alpha value is -2.71. The molecule has 6 nitrogen and oxygen atoms in total. The molecule has 1 saturated heterocycles. The van der Waals surface area contributed by atoms with Crippen LogP contribution in [0.4, 0.5) is 5.82 Å². The van der Waals surface area contributed by atoms with E-state index in [9.17, 15) is 8.42 Å². The van der Waals surface area contributed by atoms with Gasteiger partial charge in [0.15, 0.2) is 0 Å². The number of hydrogen-bond acceptors (Lipinski definition) is 5. The number of sulfonamides is 1. The minimum absolute atomic E-state index is 0.0324. The second-order valence-corrected chi connectivity index (χ2v) is 12.0. The highest BCUT2D eigenvalue weighted by molar-refractivity contribution is 7.88. The molecule has 0 bridgehead atoms. The maximum atomic E-state index is 11.9. The van der Waals surface area contributed by atoms with Crippen LogP contribution >= 0.6 is 23.2 Å². The summed E-state index contributed by atoms with van der Waals surface area (Å²) in [5, 5.41) is 5.85. The Morgan fingerprint density at radius 1 is 0.861 bits per heavy atom. The average Bonchev–Trinajstić information content (AvgIpc) is 2.87. The third kappa shape index (κ3) is 5.49. The van der Waals surface area contributed by atoms with Crippen LogP contribution in [-0.4, -0.2) is 48.1 Å². The molecule has 1 aliphatic heterocycles. The number of nitrogens with zero attached hydrogens (tertiary/aromatic N) is 3. The Labute approximate surface area is 221 Å². The summed E-state index contributed by atoms with van der Waals surface area (Å²) in [5.41, 5.74) is 4.16. The topological polar surface area (TPSA) is 75.2 Å². The predicted octanol–water partition coefficient (Wildman–Crippen LogP) is 5.95. The van der Waals surface area contributed by atoms with Gasteiger partial charge in [-0.25, -0.2) is 22.7 Å². The summed E-state index contributed by atoms with van der Waals surface area (Å²) in [6.07, 6.45) is 4.26. The van der Waals surface area contributed by atoms with Gasteiger partial charge in [-0.2, -0.15) is 0 Å². The van der Waals surface area contributed by atoms with E-state index in [-0.39, 0.29) is 12.0 Å². The molecule has 5 rings (SSSR count). The van der Waals surface area contributed by atoms with E-state index in [2.05, 4.69) is 27.4 Å². The highest BCUT2D eigenvalue weighted by atomic mass is 35.5. The third-order valence-electron chi connectivity index (χ3n) is 6.66. The lowest BCUT2D eigenvalue weighted by Gasteiger charge is -2.31. The third-order valence-corrected chi connectivity index (χ3v) is 8.47. The number of benzene rings is 3. The van der Waals surface area contributed by atoms with E-state index in [1.165, 1.54) is 10.6 Å². The molecule has 0 radical (unpaired) electrons. The first kappa shape index (κ1) is 25.0. The molecule has 1 aliphatic rings. The first-order chi connectivity index (χ1) is 17.3. The van der Waals surface area contributed by atoms with Crippen molar-refractivity contribution in [1.29, 1.82) is 0 Å². The molecule has 4 aromatic rings. The summed E-state index contributed by atoms with van der Waals surface area (Å²) in [6, 6.07) is 22.2. The molecule has 9 heteroatoms. The summed E-state index contributed by atoms with van der Waals surface area (Å²) in [7, 11) is -3.17. The maximum Gasteiger partial charge on any atom is 0.211 e. The summed E-state index contributed by atoms with van der Waals surface area (Å²) < 4.78 is 25.3. The van der Waals surface area contributed by atoms with Crippen LogP contribution in [0.25, 0.3) is 10.9 Å². The van der Waals surface area contributed by atoms with E-state index < -0.39 is 10.0 Å². The standard InChI is InChI=1S/C27H26Cl2N4O2S/c1-36(34,35)33-14-12-23(13-15-33)32-27-24-16-20(6-11-25(24)30-17-31-27)26(18-2-7-21(28)8-3-18)19-4-9-22(29)10-5-19/h2-11,16-17,23,26H,12-15H2,1H3,(H,30,31,32). The lowest BCUT2D eigenvalue weighted by atomic mass is 9.84. The molecule has 3 aromatic carbocycles. The van der Waals surface area contributed by atoms with Gasteiger partial charge >= 0.3 is 0 Å². The first-order valence-corrected chi connectivity index (χ1v) is 14.4. The van der Waals surface area contributed by atoms with E-state index in [0.717, 1.165) is 46.3 Å². The molecule has 0 atom stereocenters. The Bertz CT molecular complexity index is 1420. The van der Waals surface area contributed by atoms with Crippen LogP contribution < -0.4 is 5.32 Å². The van der Waals surface area contributed by atoms with Crippen LogP contribution in [0.3, 0.4) is 0 Å². The first-order valence-electron chi connectivity index (χ1n) is 11.8. The molecular weight excluding hydrogens is 515 g/mol. The van der Waals surface area contributed by atoms with Crippen molar-refractivity contribution in [2.75, 3.05) is 24.7 Å². The normalized spacial score (nSPS) is 15.4. The van der Waals surface area contributed by atoms with Crippen LogP contribution in [-0.2, 0) is 10.0 Å².